The zero-order chi connectivity index (χ0) is 13.1. The summed E-state index contributed by atoms with van der Waals surface area (Å²) in [6, 6.07) is 7.88. The second kappa shape index (κ2) is 5.61. The van der Waals surface area contributed by atoms with Crippen LogP contribution in [-0.2, 0) is 11.2 Å². The molecule has 1 aliphatic heterocycles. The third kappa shape index (κ3) is 2.96. The van der Waals surface area contributed by atoms with Gasteiger partial charge >= 0.3 is 0 Å². The molecule has 0 N–H and O–H groups in total. The Morgan fingerprint density at radius 1 is 1.56 bits per heavy atom. The lowest BCUT2D eigenvalue weighted by Gasteiger charge is -2.28. The van der Waals surface area contributed by atoms with Crippen LogP contribution in [0.5, 0.6) is 5.75 Å². The van der Waals surface area contributed by atoms with Crippen LogP contribution in [0.1, 0.15) is 12.5 Å². The van der Waals surface area contributed by atoms with Gasteiger partial charge in [-0.3, -0.25) is 4.79 Å². The van der Waals surface area contributed by atoms with Crippen molar-refractivity contribution in [1.82, 2.24) is 4.90 Å². The molecule has 1 amide bonds. The number of carbonyl (C=O) groups excluding carboxylic acids is 1. The predicted octanol–water partition coefficient (Wildman–Crippen LogP) is 2.32. The third-order valence-electron chi connectivity index (χ3n) is 3.13. The van der Waals surface area contributed by atoms with Gasteiger partial charge < -0.3 is 9.64 Å². The van der Waals surface area contributed by atoms with Crippen LogP contribution in [0.2, 0.25) is 0 Å². The number of halogens is 1. The quantitative estimate of drug-likeness (QED) is 0.787. The smallest absolute Gasteiger partial charge is 0.229 e. The number of carbonyl (C=O) groups is 1. The fourth-order valence-corrected chi connectivity index (χ4v) is 2.47. The highest BCUT2D eigenvalue weighted by atomic mass is 35.5. The maximum absolute atomic E-state index is 12.2. The van der Waals surface area contributed by atoms with E-state index in [0.717, 1.165) is 17.7 Å². The Kier molecular flexibility index (Phi) is 4.12. The summed E-state index contributed by atoms with van der Waals surface area (Å²) in [5.74, 6) is 0.909. The van der Waals surface area contributed by atoms with Crippen molar-refractivity contribution in [1.29, 1.82) is 0 Å². The van der Waals surface area contributed by atoms with E-state index in [1.807, 2.05) is 31.2 Å². The second-order valence-electron chi connectivity index (χ2n) is 4.82. The van der Waals surface area contributed by atoms with Crippen LogP contribution >= 0.6 is 11.6 Å². The van der Waals surface area contributed by atoms with Gasteiger partial charge in [0.15, 0.2) is 0 Å². The molecule has 18 heavy (non-hydrogen) atoms. The fourth-order valence-electron chi connectivity index (χ4n) is 2.27. The highest BCUT2D eigenvalue weighted by Crippen LogP contribution is 2.27. The first-order valence-corrected chi connectivity index (χ1v) is 6.61. The molecule has 1 aromatic rings. The maximum Gasteiger partial charge on any atom is 0.229 e. The van der Waals surface area contributed by atoms with E-state index in [1.54, 1.807) is 11.9 Å². The molecule has 0 fully saturated rings. The SMILES string of the molecule is CC(Cl)CN(C)C(=O)C1COc2ccccc2C1. The Morgan fingerprint density at radius 3 is 3.00 bits per heavy atom. The van der Waals surface area contributed by atoms with E-state index in [9.17, 15) is 4.79 Å². The summed E-state index contributed by atoms with van der Waals surface area (Å²) < 4.78 is 5.63. The van der Waals surface area contributed by atoms with Gasteiger partial charge in [-0.2, -0.15) is 0 Å². The molecule has 0 spiro atoms. The van der Waals surface area contributed by atoms with E-state index >= 15 is 0 Å². The van der Waals surface area contributed by atoms with Gasteiger partial charge in [0.2, 0.25) is 5.91 Å². The zero-order valence-corrected chi connectivity index (χ0v) is 11.5. The Balaban J connectivity index is 2.02. The monoisotopic (exact) mass is 267 g/mol. The van der Waals surface area contributed by atoms with E-state index < -0.39 is 0 Å². The first-order chi connectivity index (χ1) is 8.58. The fraction of sp³-hybridized carbons (Fsp3) is 0.500. The number of rotatable bonds is 3. The number of nitrogens with zero attached hydrogens (tertiary/aromatic N) is 1. The Bertz CT molecular complexity index is 434. The molecule has 0 aromatic heterocycles. The summed E-state index contributed by atoms with van der Waals surface area (Å²) >= 11 is 5.91. The van der Waals surface area contributed by atoms with Gasteiger partial charge in [-0.1, -0.05) is 18.2 Å². The second-order valence-corrected chi connectivity index (χ2v) is 5.56. The summed E-state index contributed by atoms with van der Waals surface area (Å²) in [6.07, 6.45) is 0.746. The van der Waals surface area contributed by atoms with Gasteiger partial charge in [0.25, 0.3) is 0 Å². The summed E-state index contributed by atoms with van der Waals surface area (Å²) in [5.41, 5.74) is 1.11. The molecule has 2 rings (SSSR count). The molecule has 3 nitrogen and oxygen atoms in total. The van der Waals surface area contributed by atoms with Crippen molar-refractivity contribution in [2.24, 2.45) is 5.92 Å². The van der Waals surface area contributed by atoms with Gasteiger partial charge in [0, 0.05) is 19.0 Å². The summed E-state index contributed by atoms with van der Waals surface area (Å²) in [7, 11) is 1.79. The molecule has 0 saturated heterocycles. The number of fused-ring (bicyclic) bond motifs is 1. The van der Waals surface area contributed by atoms with Crippen LogP contribution in [-0.4, -0.2) is 36.4 Å². The Labute approximate surface area is 113 Å². The highest BCUT2D eigenvalue weighted by molar-refractivity contribution is 6.20. The van der Waals surface area contributed by atoms with Crippen molar-refractivity contribution < 1.29 is 9.53 Å². The normalized spacial score (nSPS) is 19.6. The number of alkyl halides is 1. The van der Waals surface area contributed by atoms with Crippen molar-refractivity contribution in [3.05, 3.63) is 29.8 Å². The van der Waals surface area contributed by atoms with Gasteiger partial charge in [0.05, 0.1) is 5.92 Å². The number of ether oxygens (including phenoxy) is 1. The van der Waals surface area contributed by atoms with Crippen molar-refractivity contribution in [3.8, 4) is 5.75 Å². The molecule has 1 aliphatic rings. The molecule has 98 valence electrons. The van der Waals surface area contributed by atoms with Crippen molar-refractivity contribution in [2.75, 3.05) is 20.2 Å². The third-order valence-corrected chi connectivity index (χ3v) is 3.27. The van der Waals surface area contributed by atoms with Gasteiger partial charge in [0.1, 0.15) is 12.4 Å². The Hall–Kier alpha value is -1.22. The van der Waals surface area contributed by atoms with Gasteiger partial charge in [-0.15, -0.1) is 11.6 Å². The predicted molar refractivity (Wildman–Crippen MR) is 72.1 cm³/mol. The van der Waals surface area contributed by atoms with E-state index in [2.05, 4.69) is 0 Å². The van der Waals surface area contributed by atoms with Crippen LogP contribution < -0.4 is 4.74 Å². The molecular formula is C14H18ClNO2. The summed E-state index contributed by atoms with van der Waals surface area (Å²) in [6.45, 7) is 2.91. The van der Waals surface area contributed by atoms with E-state index in [0.29, 0.717) is 13.2 Å². The summed E-state index contributed by atoms with van der Waals surface area (Å²) in [4.78, 5) is 13.9. The zero-order valence-electron chi connectivity index (χ0n) is 10.7. The van der Waals surface area contributed by atoms with E-state index in [-0.39, 0.29) is 17.2 Å². The largest absolute Gasteiger partial charge is 0.492 e. The van der Waals surface area contributed by atoms with Gasteiger partial charge in [-0.05, 0) is 25.0 Å². The summed E-state index contributed by atoms with van der Waals surface area (Å²) in [5, 5.41) is -0.0317. The number of amides is 1. The molecule has 0 bridgehead atoms. The number of benzene rings is 1. The lowest BCUT2D eigenvalue weighted by Crippen LogP contribution is -2.40. The topological polar surface area (TPSA) is 29.5 Å². The Morgan fingerprint density at radius 2 is 2.28 bits per heavy atom. The first kappa shape index (κ1) is 13.2. The minimum absolute atomic E-state index is 0.0317. The standard InChI is InChI=1S/C14H18ClNO2/c1-10(15)8-16(2)14(17)12-7-11-5-3-4-6-13(11)18-9-12/h3-6,10,12H,7-9H2,1-2H3. The van der Waals surface area contributed by atoms with Crippen LogP contribution in [0.25, 0.3) is 0 Å². The van der Waals surface area contributed by atoms with Crippen molar-refractivity contribution in [2.45, 2.75) is 18.7 Å². The van der Waals surface area contributed by atoms with Gasteiger partial charge in [-0.25, -0.2) is 0 Å². The first-order valence-electron chi connectivity index (χ1n) is 6.17. The lowest BCUT2D eigenvalue weighted by atomic mass is 9.95. The minimum Gasteiger partial charge on any atom is -0.492 e. The van der Waals surface area contributed by atoms with Crippen LogP contribution in [0.15, 0.2) is 24.3 Å². The molecular weight excluding hydrogens is 250 g/mol. The van der Waals surface area contributed by atoms with E-state index in [1.165, 1.54) is 0 Å². The molecule has 1 aromatic carbocycles. The highest BCUT2D eigenvalue weighted by Gasteiger charge is 2.28. The van der Waals surface area contributed by atoms with Crippen molar-refractivity contribution in [3.63, 3.8) is 0 Å². The van der Waals surface area contributed by atoms with Crippen LogP contribution in [0.3, 0.4) is 0 Å². The average Bonchev–Trinajstić information content (AvgIpc) is 2.36. The molecule has 2 unspecified atom stereocenters. The van der Waals surface area contributed by atoms with Crippen molar-refractivity contribution >= 4 is 17.5 Å². The van der Waals surface area contributed by atoms with Crippen LogP contribution in [0, 0.1) is 5.92 Å². The molecule has 0 aliphatic carbocycles. The van der Waals surface area contributed by atoms with E-state index in [4.69, 9.17) is 16.3 Å². The minimum atomic E-state index is -0.0969. The molecule has 0 saturated carbocycles. The number of hydrogen-bond donors (Lipinski definition) is 0. The maximum atomic E-state index is 12.2. The van der Waals surface area contributed by atoms with Crippen LogP contribution in [0.4, 0.5) is 0 Å². The lowest BCUT2D eigenvalue weighted by molar-refractivity contribution is -0.135. The molecule has 0 radical (unpaired) electrons. The molecule has 1 heterocycles. The number of para-hydroxylation sites is 1. The molecule has 2 atom stereocenters. The molecule has 4 heteroatoms. The average molecular weight is 268 g/mol. The number of hydrogen-bond acceptors (Lipinski definition) is 2.